The van der Waals surface area contributed by atoms with E-state index < -0.39 is 0 Å². The van der Waals surface area contributed by atoms with Crippen molar-refractivity contribution in [1.29, 1.82) is 0 Å². The molecular weight excluding hydrogens is 338 g/mol. The molecule has 2 aliphatic heterocycles. The minimum atomic E-state index is -0.380. The van der Waals surface area contributed by atoms with Crippen LogP contribution < -0.4 is 4.90 Å². The zero-order valence-corrected chi connectivity index (χ0v) is 15.4. The van der Waals surface area contributed by atoms with Gasteiger partial charge in [0.25, 0.3) is 0 Å². The van der Waals surface area contributed by atoms with E-state index in [1.165, 1.54) is 4.90 Å². The second-order valence-electron chi connectivity index (χ2n) is 5.72. The number of thioether (sulfide) groups is 1. The number of allylic oxidation sites excluding steroid dienone is 1. The van der Waals surface area contributed by atoms with Crippen molar-refractivity contribution in [3.63, 3.8) is 0 Å². The van der Waals surface area contributed by atoms with Crippen molar-refractivity contribution >= 4 is 29.4 Å². The molecule has 0 radical (unpaired) electrons. The number of rotatable bonds is 5. The number of anilines is 1. The molecule has 0 atom stereocenters. The maximum absolute atomic E-state index is 12.3. The van der Waals surface area contributed by atoms with Gasteiger partial charge in [-0.25, -0.2) is 9.59 Å². The molecule has 0 saturated heterocycles. The fraction of sp³-hybridized carbons (Fsp3) is 0.368. The Morgan fingerprint density at radius 2 is 2.00 bits per heavy atom. The van der Waals surface area contributed by atoms with Crippen molar-refractivity contribution < 1.29 is 19.1 Å². The number of hydrogen-bond donors (Lipinski definition) is 0. The van der Waals surface area contributed by atoms with Crippen LogP contribution in [-0.4, -0.2) is 30.9 Å². The Balaban J connectivity index is 2.02. The van der Waals surface area contributed by atoms with Crippen molar-refractivity contribution in [1.82, 2.24) is 0 Å². The predicted molar refractivity (Wildman–Crippen MR) is 97.3 cm³/mol. The average molecular weight is 359 g/mol. The molecular formula is C19H21NO4S. The maximum Gasteiger partial charge on any atom is 0.336 e. The smallest absolute Gasteiger partial charge is 0.336 e. The molecule has 0 aliphatic carbocycles. The second kappa shape index (κ2) is 7.35. The molecule has 0 bridgehead atoms. The molecule has 0 saturated carbocycles. The first kappa shape index (κ1) is 17.6. The second-order valence-corrected chi connectivity index (χ2v) is 7.06. The van der Waals surface area contributed by atoms with Gasteiger partial charge in [0, 0.05) is 22.7 Å². The van der Waals surface area contributed by atoms with Gasteiger partial charge < -0.3 is 14.4 Å². The molecule has 6 heteroatoms. The minimum absolute atomic E-state index is 0.229. The Bertz CT molecular complexity index is 764. The number of benzene rings is 1. The predicted octanol–water partition coefficient (Wildman–Crippen LogP) is 3.66. The summed E-state index contributed by atoms with van der Waals surface area (Å²) in [5.74, 6) is 0.272. The maximum atomic E-state index is 12.3. The first-order valence-corrected chi connectivity index (χ1v) is 9.34. The lowest BCUT2D eigenvalue weighted by Gasteiger charge is -2.31. The van der Waals surface area contributed by atoms with Crippen LogP contribution in [0.5, 0.6) is 0 Å². The van der Waals surface area contributed by atoms with E-state index in [0.29, 0.717) is 17.8 Å². The van der Waals surface area contributed by atoms with Crippen molar-refractivity contribution in [3.8, 4) is 0 Å². The summed E-state index contributed by atoms with van der Waals surface area (Å²) in [4.78, 5) is 27.5. The van der Waals surface area contributed by atoms with Crippen molar-refractivity contribution in [3.05, 3.63) is 46.8 Å². The van der Waals surface area contributed by atoms with E-state index >= 15 is 0 Å². The van der Waals surface area contributed by atoms with Crippen LogP contribution in [0, 0.1) is 0 Å². The van der Waals surface area contributed by atoms with E-state index in [0.717, 1.165) is 22.8 Å². The topological polar surface area (TPSA) is 55.8 Å². The normalized spacial score (nSPS) is 16.9. The summed E-state index contributed by atoms with van der Waals surface area (Å²) in [7, 11) is 0. The Kier molecular flexibility index (Phi) is 5.18. The van der Waals surface area contributed by atoms with E-state index in [1.807, 2.05) is 36.1 Å². The number of ether oxygens (including phenoxy) is 2. The molecule has 132 valence electrons. The molecule has 0 N–H and O–H groups in total. The fourth-order valence-corrected chi connectivity index (χ4v) is 3.75. The fourth-order valence-electron chi connectivity index (χ4n) is 3.09. The van der Waals surface area contributed by atoms with Gasteiger partial charge in [0.2, 0.25) is 0 Å². The molecule has 0 amide bonds. The van der Waals surface area contributed by atoms with Crippen molar-refractivity contribution in [2.75, 3.05) is 23.9 Å². The van der Waals surface area contributed by atoms with Gasteiger partial charge in [0.05, 0.1) is 23.5 Å². The van der Waals surface area contributed by atoms with Crippen molar-refractivity contribution in [2.45, 2.75) is 32.1 Å². The van der Waals surface area contributed by atoms with E-state index in [2.05, 4.69) is 6.92 Å². The third-order valence-electron chi connectivity index (χ3n) is 4.26. The number of carbonyl (C=O) groups is 2. The summed E-state index contributed by atoms with van der Waals surface area (Å²) < 4.78 is 10.4. The summed E-state index contributed by atoms with van der Waals surface area (Å²) in [6, 6.07) is 8.10. The molecule has 2 heterocycles. The van der Waals surface area contributed by atoms with Crippen LogP contribution in [0.25, 0.3) is 0 Å². The summed E-state index contributed by atoms with van der Waals surface area (Å²) in [6.45, 7) is 6.29. The molecule has 0 fully saturated rings. The standard InChI is InChI=1S/C19H21NO4S/c1-4-23-18(21)15-10-16-17(11-24-19(16)22)20(12(15)3)13-6-8-14(9-7-13)25-5-2/h6-9H,4-5,10-11H2,1-3H3. The molecule has 3 rings (SSSR count). The molecule has 0 spiro atoms. The van der Waals surface area contributed by atoms with Crippen LogP contribution >= 0.6 is 11.8 Å². The Labute approximate surface area is 151 Å². The van der Waals surface area contributed by atoms with Crippen LogP contribution in [0.3, 0.4) is 0 Å². The molecule has 0 unspecified atom stereocenters. The highest BCUT2D eigenvalue weighted by molar-refractivity contribution is 7.99. The van der Waals surface area contributed by atoms with Gasteiger partial charge in [-0.1, -0.05) is 6.92 Å². The molecule has 25 heavy (non-hydrogen) atoms. The number of hydrogen-bond acceptors (Lipinski definition) is 6. The molecule has 5 nitrogen and oxygen atoms in total. The summed E-state index contributed by atoms with van der Waals surface area (Å²) in [5, 5.41) is 0. The van der Waals surface area contributed by atoms with Gasteiger partial charge in [-0.15, -0.1) is 11.8 Å². The zero-order valence-electron chi connectivity index (χ0n) is 14.6. The average Bonchev–Trinajstić information content (AvgIpc) is 2.96. The third kappa shape index (κ3) is 3.31. The molecule has 0 aromatic heterocycles. The van der Waals surface area contributed by atoms with Gasteiger partial charge >= 0.3 is 11.9 Å². The SMILES string of the molecule is CCOC(=O)C1=C(C)N(c2ccc(SCC)cc2)C2=C(C1)C(=O)OC2. The lowest BCUT2D eigenvalue weighted by molar-refractivity contribution is -0.138. The van der Waals surface area contributed by atoms with Crippen LogP contribution in [0.4, 0.5) is 5.69 Å². The van der Waals surface area contributed by atoms with E-state index in [1.54, 1.807) is 18.7 Å². The highest BCUT2D eigenvalue weighted by atomic mass is 32.2. The zero-order chi connectivity index (χ0) is 18.0. The number of carbonyl (C=O) groups excluding carboxylic acids is 2. The molecule has 1 aromatic rings. The van der Waals surface area contributed by atoms with Gasteiger partial charge in [0.1, 0.15) is 6.61 Å². The highest BCUT2D eigenvalue weighted by Crippen LogP contribution is 2.39. The first-order valence-electron chi connectivity index (χ1n) is 8.35. The summed E-state index contributed by atoms with van der Waals surface area (Å²) >= 11 is 1.77. The van der Waals surface area contributed by atoms with E-state index in [9.17, 15) is 9.59 Å². The Morgan fingerprint density at radius 3 is 2.64 bits per heavy atom. The van der Waals surface area contributed by atoms with Crippen LogP contribution in [0.2, 0.25) is 0 Å². The minimum Gasteiger partial charge on any atom is -0.463 e. The van der Waals surface area contributed by atoms with Crippen LogP contribution in [0.1, 0.15) is 27.2 Å². The van der Waals surface area contributed by atoms with Gasteiger partial charge in [0.15, 0.2) is 0 Å². The van der Waals surface area contributed by atoms with Crippen LogP contribution in [-0.2, 0) is 19.1 Å². The number of esters is 2. The molecule has 2 aliphatic rings. The van der Waals surface area contributed by atoms with E-state index in [4.69, 9.17) is 9.47 Å². The lowest BCUT2D eigenvalue weighted by atomic mass is 9.96. The Hall–Kier alpha value is -2.21. The third-order valence-corrected chi connectivity index (χ3v) is 5.15. The monoisotopic (exact) mass is 359 g/mol. The first-order chi connectivity index (χ1) is 12.1. The number of nitrogens with zero attached hydrogens (tertiary/aromatic N) is 1. The van der Waals surface area contributed by atoms with Gasteiger partial charge in [-0.05, 0) is 43.9 Å². The van der Waals surface area contributed by atoms with Gasteiger partial charge in [-0.3, -0.25) is 0 Å². The number of cyclic esters (lactones) is 1. The summed E-state index contributed by atoms with van der Waals surface area (Å²) in [6.07, 6.45) is 0.263. The highest BCUT2D eigenvalue weighted by Gasteiger charge is 2.37. The van der Waals surface area contributed by atoms with Crippen LogP contribution in [0.15, 0.2) is 51.7 Å². The molecule has 1 aromatic carbocycles. The Morgan fingerprint density at radius 1 is 1.28 bits per heavy atom. The lowest BCUT2D eigenvalue weighted by Crippen LogP contribution is -2.29. The van der Waals surface area contributed by atoms with E-state index in [-0.39, 0.29) is 25.0 Å². The quantitative estimate of drug-likeness (QED) is 0.591. The van der Waals surface area contributed by atoms with Crippen molar-refractivity contribution in [2.24, 2.45) is 0 Å². The van der Waals surface area contributed by atoms with Gasteiger partial charge in [-0.2, -0.15) is 0 Å². The summed E-state index contributed by atoms with van der Waals surface area (Å²) in [5.41, 5.74) is 3.55. The largest absolute Gasteiger partial charge is 0.463 e.